The highest BCUT2D eigenvalue weighted by atomic mass is 35.5. The van der Waals surface area contributed by atoms with E-state index in [-0.39, 0.29) is 18.1 Å². The van der Waals surface area contributed by atoms with Crippen molar-refractivity contribution >= 4 is 23.2 Å². The van der Waals surface area contributed by atoms with Crippen LogP contribution in [0.25, 0.3) is 0 Å². The van der Waals surface area contributed by atoms with E-state index in [1.54, 1.807) is 6.07 Å². The van der Waals surface area contributed by atoms with E-state index in [1.165, 1.54) is 6.20 Å². The number of halogens is 1. The highest BCUT2D eigenvalue weighted by Crippen LogP contribution is 2.17. The van der Waals surface area contributed by atoms with Gasteiger partial charge in [-0.1, -0.05) is 11.6 Å². The van der Waals surface area contributed by atoms with Crippen molar-refractivity contribution in [3.8, 4) is 0 Å². The quantitative estimate of drug-likeness (QED) is 0.810. The summed E-state index contributed by atoms with van der Waals surface area (Å²) in [7, 11) is 0. The maximum absolute atomic E-state index is 11.7. The molecule has 0 radical (unpaired) electrons. The molecule has 0 spiro atoms. The second-order valence-corrected chi connectivity index (χ2v) is 5.08. The van der Waals surface area contributed by atoms with Crippen molar-refractivity contribution in [3.05, 3.63) is 23.0 Å². The molecule has 1 aliphatic heterocycles. The fourth-order valence-corrected chi connectivity index (χ4v) is 1.75. The molecule has 5 nitrogen and oxygen atoms in total. The summed E-state index contributed by atoms with van der Waals surface area (Å²) in [5.41, 5.74) is 1.24. The fraction of sp³-hybridized carbons (Fsp3) is 0.500. The first-order valence-electron chi connectivity index (χ1n) is 5.75. The first-order chi connectivity index (χ1) is 8.48. The summed E-state index contributed by atoms with van der Waals surface area (Å²) in [5.74, 6) is -0.188. The number of nitrogens with zero attached hydrogens (tertiary/aromatic N) is 1. The van der Waals surface area contributed by atoms with E-state index in [0.717, 1.165) is 18.7 Å². The zero-order valence-corrected chi connectivity index (χ0v) is 11.2. The topological polar surface area (TPSA) is 63.2 Å². The van der Waals surface area contributed by atoms with Gasteiger partial charge in [0, 0.05) is 13.1 Å². The van der Waals surface area contributed by atoms with Crippen LogP contribution in [0.4, 0.5) is 5.69 Å². The predicted molar refractivity (Wildman–Crippen MR) is 69.8 cm³/mol. The van der Waals surface area contributed by atoms with E-state index in [4.69, 9.17) is 16.3 Å². The van der Waals surface area contributed by atoms with Gasteiger partial charge in [0.15, 0.2) is 0 Å². The van der Waals surface area contributed by atoms with E-state index in [9.17, 15) is 4.79 Å². The fourth-order valence-electron chi connectivity index (χ4n) is 1.64. The maximum atomic E-state index is 11.7. The van der Waals surface area contributed by atoms with Gasteiger partial charge in [0.05, 0.1) is 17.5 Å². The van der Waals surface area contributed by atoms with Crippen molar-refractivity contribution < 1.29 is 9.53 Å². The first kappa shape index (κ1) is 13.3. The molecule has 1 aromatic rings. The first-order valence-corrected chi connectivity index (χ1v) is 6.13. The van der Waals surface area contributed by atoms with Gasteiger partial charge in [0.2, 0.25) is 5.91 Å². The summed E-state index contributed by atoms with van der Waals surface area (Å²) in [5, 5.41) is 6.27. The van der Waals surface area contributed by atoms with E-state index < -0.39 is 0 Å². The number of rotatable bonds is 4. The number of nitrogens with one attached hydrogen (secondary N) is 2. The Morgan fingerprint density at radius 2 is 2.39 bits per heavy atom. The zero-order valence-electron chi connectivity index (χ0n) is 10.4. The maximum Gasteiger partial charge on any atom is 0.250 e. The number of aryl methyl sites for hydroxylation is 1. The lowest BCUT2D eigenvalue weighted by Crippen LogP contribution is -2.59. The summed E-state index contributed by atoms with van der Waals surface area (Å²) in [6, 6.07) is 1.78. The molecule has 0 aromatic carbocycles. The minimum Gasteiger partial charge on any atom is -0.363 e. The van der Waals surface area contributed by atoms with Gasteiger partial charge >= 0.3 is 0 Å². The SMILES string of the molecule is Cc1cc(NC(=O)COC2(C)CNC2)cnc1Cl. The standard InChI is InChI=1S/C12H16ClN3O2/c1-8-3-9(4-15-11(8)13)16-10(17)5-18-12(2)6-14-7-12/h3-4,14H,5-7H2,1-2H3,(H,16,17). The molecule has 98 valence electrons. The van der Waals surface area contributed by atoms with Crippen LogP contribution in [0, 0.1) is 6.92 Å². The van der Waals surface area contributed by atoms with Gasteiger partial charge in [-0.05, 0) is 25.5 Å². The van der Waals surface area contributed by atoms with Gasteiger partial charge in [0.1, 0.15) is 11.8 Å². The molecular formula is C12H16ClN3O2. The molecule has 0 saturated carbocycles. The third-order valence-electron chi connectivity index (χ3n) is 2.85. The lowest BCUT2D eigenvalue weighted by molar-refractivity contribution is -0.130. The molecule has 2 N–H and O–H groups in total. The number of amides is 1. The van der Waals surface area contributed by atoms with Crippen molar-refractivity contribution in [2.24, 2.45) is 0 Å². The van der Waals surface area contributed by atoms with Gasteiger partial charge < -0.3 is 15.4 Å². The van der Waals surface area contributed by atoms with E-state index in [1.807, 2.05) is 13.8 Å². The highest BCUT2D eigenvalue weighted by Gasteiger charge is 2.32. The average molecular weight is 270 g/mol. The summed E-state index contributed by atoms with van der Waals surface area (Å²) in [6.07, 6.45) is 1.53. The minimum absolute atomic E-state index is 0.0415. The number of anilines is 1. The lowest BCUT2D eigenvalue weighted by atomic mass is 10.0. The molecule has 1 saturated heterocycles. The van der Waals surface area contributed by atoms with Crippen LogP contribution in [0.1, 0.15) is 12.5 Å². The van der Waals surface area contributed by atoms with E-state index >= 15 is 0 Å². The third kappa shape index (κ3) is 3.19. The Kier molecular flexibility index (Phi) is 3.85. The number of carbonyl (C=O) groups excluding carboxylic acids is 1. The van der Waals surface area contributed by atoms with Gasteiger partial charge in [-0.3, -0.25) is 4.79 Å². The second kappa shape index (κ2) is 5.22. The van der Waals surface area contributed by atoms with Crippen LogP contribution < -0.4 is 10.6 Å². The Balaban J connectivity index is 1.85. The number of hydrogen-bond donors (Lipinski definition) is 2. The second-order valence-electron chi connectivity index (χ2n) is 4.72. The summed E-state index contributed by atoms with van der Waals surface area (Å²) in [4.78, 5) is 15.6. The number of pyridine rings is 1. The molecule has 2 rings (SSSR count). The van der Waals surface area contributed by atoms with Crippen molar-refractivity contribution in [1.29, 1.82) is 0 Å². The minimum atomic E-state index is -0.217. The molecule has 1 amide bonds. The number of carbonyl (C=O) groups is 1. The molecule has 18 heavy (non-hydrogen) atoms. The van der Waals surface area contributed by atoms with Crippen LogP contribution in [0.15, 0.2) is 12.3 Å². The van der Waals surface area contributed by atoms with Crippen molar-refractivity contribution in [1.82, 2.24) is 10.3 Å². The molecular weight excluding hydrogens is 254 g/mol. The monoisotopic (exact) mass is 269 g/mol. The van der Waals surface area contributed by atoms with E-state index in [2.05, 4.69) is 15.6 Å². The molecule has 0 aliphatic carbocycles. The molecule has 1 aromatic heterocycles. The number of hydrogen-bond acceptors (Lipinski definition) is 4. The summed E-state index contributed by atoms with van der Waals surface area (Å²) < 4.78 is 5.53. The van der Waals surface area contributed by atoms with Crippen LogP contribution in [-0.4, -0.2) is 36.2 Å². The van der Waals surface area contributed by atoms with Gasteiger partial charge in [-0.2, -0.15) is 0 Å². The molecule has 1 aliphatic rings. The summed E-state index contributed by atoms with van der Waals surface area (Å²) in [6.45, 7) is 5.41. The Hall–Kier alpha value is -1.17. The van der Waals surface area contributed by atoms with Crippen molar-refractivity contribution in [2.45, 2.75) is 19.4 Å². The van der Waals surface area contributed by atoms with Crippen LogP contribution in [0.5, 0.6) is 0 Å². The molecule has 0 atom stereocenters. The number of ether oxygens (including phenoxy) is 1. The third-order valence-corrected chi connectivity index (χ3v) is 3.24. The lowest BCUT2D eigenvalue weighted by Gasteiger charge is -2.38. The van der Waals surface area contributed by atoms with Crippen LogP contribution in [0.3, 0.4) is 0 Å². The molecule has 0 bridgehead atoms. The van der Waals surface area contributed by atoms with Crippen molar-refractivity contribution in [3.63, 3.8) is 0 Å². The van der Waals surface area contributed by atoms with Gasteiger partial charge in [-0.15, -0.1) is 0 Å². The Labute approximate surface area is 111 Å². The molecule has 6 heteroatoms. The van der Waals surface area contributed by atoms with Crippen LogP contribution in [0.2, 0.25) is 5.15 Å². The normalized spacial score (nSPS) is 17.1. The Morgan fingerprint density at radius 3 is 2.94 bits per heavy atom. The van der Waals surface area contributed by atoms with Gasteiger partial charge in [0.25, 0.3) is 0 Å². The molecule has 1 fully saturated rings. The summed E-state index contributed by atoms with van der Waals surface area (Å²) >= 11 is 5.81. The average Bonchev–Trinajstić information content (AvgIpc) is 2.29. The number of aromatic nitrogens is 1. The Morgan fingerprint density at radius 1 is 1.67 bits per heavy atom. The van der Waals surface area contributed by atoms with Crippen LogP contribution in [-0.2, 0) is 9.53 Å². The van der Waals surface area contributed by atoms with Gasteiger partial charge in [-0.25, -0.2) is 4.98 Å². The predicted octanol–water partition coefficient (Wildman–Crippen LogP) is 1.36. The Bertz CT molecular complexity index is 461. The zero-order chi connectivity index (χ0) is 13.2. The smallest absolute Gasteiger partial charge is 0.250 e. The van der Waals surface area contributed by atoms with Crippen molar-refractivity contribution in [2.75, 3.05) is 25.0 Å². The highest BCUT2D eigenvalue weighted by molar-refractivity contribution is 6.30. The molecule has 0 unspecified atom stereocenters. The largest absolute Gasteiger partial charge is 0.363 e. The van der Waals surface area contributed by atoms with Crippen LogP contribution >= 0.6 is 11.6 Å². The van der Waals surface area contributed by atoms with E-state index in [0.29, 0.717) is 10.8 Å². The molecule has 2 heterocycles.